The lowest BCUT2D eigenvalue weighted by Crippen LogP contribution is -2.32. The average Bonchev–Trinajstić information content (AvgIpc) is 3.01. The summed E-state index contributed by atoms with van der Waals surface area (Å²) in [6.07, 6.45) is 5.78. The summed E-state index contributed by atoms with van der Waals surface area (Å²) < 4.78 is 0. The fraction of sp³-hybridized carbons (Fsp3) is 0.545. The first-order chi connectivity index (χ1) is 8.42. The molecule has 1 aliphatic rings. The molecule has 0 aromatic carbocycles. The second-order valence-electron chi connectivity index (χ2n) is 4.35. The van der Waals surface area contributed by atoms with E-state index in [2.05, 4.69) is 25.1 Å². The molecule has 1 fully saturated rings. The normalized spacial score (nSPS) is 18.6. The Morgan fingerprint density at radius 1 is 1.35 bits per heavy atom. The minimum Gasteiger partial charge on any atom is -0.297 e. The van der Waals surface area contributed by atoms with Crippen molar-refractivity contribution < 1.29 is 0 Å². The second-order valence-corrected chi connectivity index (χ2v) is 5.33. The highest BCUT2D eigenvalue weighted by molar-refractivity contribution is 7.09. The van der Waals surface area contributed by atoms with E-state index >= 15 is 0 Å². The molecule has 1 aliphatic heterocycles. The van der Waals surface area contributed by atoms with Crippen LogP contribution < -0.4 is 0 Å². The van der Waals surface area contributed by atoms with Gasteiger partial charge in [-0.15, -0.1) is 11.3 Å². The molecular weight excluding hydrogens is 234 g/mol. The number of hydrogen-bond acceptors (Lipinski definition) is 5. The molecule has 5 nitrogen and oxygen atoms in total. The summed E-state index contributed by atoms with van der Waals surface area (Å²) in [6.45, 7) is 3.22. The highest BCUT2D eigenvalue weighted by Gasteiger charge is 2.22. The Hall–Kier alpha value is -1.27. The van der Waals surface area contributed by atoms with Crippen molar-refractivity contribution in [3.8, 4) is 0 Å². The highest BCUT2D eigenvalue weighted by atomic mass is 32.1. The van der Waals surface area contributed by atoms with Gasteiger partial charge in [-0.1, -0.05) is 0 Å². The Balaban J connectivity index is 1.54. The van der Waals surface area contributed by atoms with Gasteiger partial charge in [-0.05, 0) is 25.9 Å². The molecule has 0 bridgehead atoms. The number of rotatable bonds is 3. The van der Waals surface area contributed by atoms with E-state index in [0.717, 1.165) is 38.3 Å². The van der Waals surface area contributed by atoms with E-state index in [1.54, 1.807) is 17.7 Å². The molecule has 90 valence electrons. The van der Waals surface area contributed by atoms with Crippen LogP contribution in [0.1, 0.15) is 29.6 Å². The first-order valence-electron chi connectivity index (χ1n) is 5.88. The lowest BCUT2D eigenvalue weighted by atomic mass is 9.96. The van der Waals surface area contributed by atoms with Crippen molar-refractivity contribution >= 4 is 11.3 Å². The molecule has 1 saturated heterocycles. The SMILES string of the molecule is c1n[nH]c(C2CCN(Cc3nccs3)CC2)n1. The Kier molecular flexibility index (Phi) is 3.15. The van der Waals surface area contributed by atoms with Gasteiger partial charge in [0.25, 0.3) is 0 Å². The number of likely N-dealkylation sites (tertiary alicyclic amines) is 1. The molecule has 3 rings (SSSR count). The van der Waals surface area contributed by atoms with Crippen LogP contribution >= 0.6 is 11.3 Å². The zero-order valence-electron chi connectivity index (χ0n) is 9.54. The number of piperidine rings is 1. The molecule has 0 aliphatic carbocycles. The number of aromatic nitrogens is 4. The third-order valence-corrected chi connectivity index (χ3v) is 4.01. The number of hydrogen-bond donors (Lipinski definition) is 1. The standard InChI is InChI=1S/C11H15N5S/c1-4-16(7-10-12-3-6-17-10)5-2-9(1)11-13-8-14-15-11/h3,6,8-9H,1-2,4-5,7H2,(H,13,14,15). The van der Waals surface area contributed by atoms with Crippen molar-refractivity contribution in [1.82, 2.24) is 25.1 Å². The molecule has 1 N–H and O–H groups in total. The summed E-state index contributed by atoms with van der Waals surface area (Å²) in [5.41, 5.74) is 0. The summed E-state index contributed by atoms with van der Waals surface area (Å²) in [6, 6.07) is 0. The van der Waals surface area contributed by atoms with Gasteiger partial charge in [-0.2, -0.15) is 5.10 Å². The number of H-pyrrole nitrogens is 1. The van der Waals surface area contributed by atoms with Crippen LogP contribution in [0.15, 0.2) is 17.9 Å². The van der Waals surface area contributed by atoms with E-state index in [9.17, 15) is 0 Å². The zero-order valence-corrected chi connectivity index (χ0v) is 10.4. The van der Waals surface area contributed by atoms with Crippen LogP contribution in [0, 0.1) is 0 Å². The van der Waals surface area contributed by atoms with Crippen LogP contribution in [-0.2, 0) is 6.54 Å². The lowest BCUT2D eigenvalue weighted by molar-refractivity contribution is 0.201. The Labute approximate surface area is 104 Å². The number of nitrogens with one attached hydrogen (secondary N) is 1. The molecule has 6 heteroatoms. The molecule has 0 saturated carbocycles. The van der Waals surface area contributed by atoms with E-state index in [0.29, 0.717) is 5.92 Å². The number of aromatic amines is 1. The number of nitrogens with zero attached hydrogens (tertiary/aromatic N) is 4. The van der Waals surface area contributed by atoms with Crippen molar-refractivity contribution in [3.63, 3.8) is 0 Å². The molecule has 0 amide bonds. The smallest absolute Gasteiger partial charge is 0.137 e. The fourth-order valence-electron chi connectivity index (χ4n) is 2.30. The molecular formula is C11H15N5S. The topological polar surface area (TPSA) is 57.7 Å². The first kappa shape index (κ1) is 10.9. The molecule has 0 spiro atoms. The van der Waals surface area contributed by atoms with Crippen LogP contribution in [0.4, 0.5) is 0 Å². The van der Waals surface area contributed by atoms with Gasteiger partial charge in [0.05, 0.1) is 6.54 Å². The van der Waals surface area contributed by atoms with Gasteiger partial charge in [-0.3, -0.25) is 10.00 Å². The van der Waals surface area contributed by atoms with E-state index in [4.69, 9.17) is 0 Å². The maximum absolute atomic E-state index is 4.33. The molecule has 17 heavy (non-hydrogen) atoms. The summed E-state index contributed by atoms with van der Waals surface area (Å²) in [4.78, 5) is 11.0. The summed E-state index contributed by atoms with van der Waals surface area (Å²) in [7, 11) is 0. The van der Waals surface area contributed by atoms with Gasteiger partial charge in [-0.25, -0.2) is 9.97 Å². The van der Waals surface area contributed by atoms with Crippen LogP contribution in [0.25, 0.3) is 0 Å². The largest absolute Gasteiger partial charge is 0.297 e. The third-order valence-electron chi connectivity index (χ3n) is 3.25. The Morgan fingerprint density at radius 2 is 2.24 bits per heavy atom. The molecule has 2 aromatic rings. The Morgan fingerprint density at radius 3 is 2.88 bits per heavy atom. The van der Waals surface area contributed by atoms with Crippen molar-refractivity contribution in [1.29, 1.82) is 0 Å². The fourth-order valence-corrected chi connectivity index (χ4v) is 2.96. The van der Waals surface area contributed by atoms with Crippen LogP contribution in [0.2, 0.25) is 0 Å². The first-order valence-corrected chi connectivity index (χ1v) is 6.76. The predicted octanol–water partition coefficient (Wildman–Crippen LogP) is 1.64. The van der Waals surface area contributed by atoms with Crippen LogP contribution in [0.5, 0.6) is 0 Å². The van der Waals surface area contributed by atoms with Crippen LogP contribution in [0.3, 0.4) is 0 Å². The van der Waals surface area contributed by atoms with E-state index in [1.165, 1.54) is 5.01 Å². The monoisotopic (exact) mass is 249 g/mol. The van der Waals surface area contributed by atoms with E-state index in [1.807, 2.05) is 11.6 Å². The molecule has 0 atom stereocenters. The predicted molar refractivity (Wildman–Crippen MR) is 65.7 cm³/mol. The average molecular weight is 249 g/mol. The quantitative estimate of drug-likeness (QED) is 0.898. The summed E-state index contributed by atoms with van der Waals surface area (Å²) in [5, 5.41) is 10.1. The van der Waals surface area contributed by atoms with E-state index < -0.39 is 0 Å². The van der Waals surface area contributed by atoms with Gasteiger partial charge in [0.1, 0.15) is 17.2 Å². The third kappa shape index (κ3) is 2.53. The Bertz CT molecular complexity index is 430. The van der Waals surface area contributed by atoms with Gasteiger partial charge in [0.2, 0.25) is 0 Å². The second kappa shape index (κ2) is 4.93. The zero-order chi connectivity index (χ0) is 11.5. The summed E-state index contributed by atoms with van der Waals surface area (Å²) >= 11 is 1.73. The van der Waals surface area contributed by atoms with Gasteiger partial charge >= 0.3 is 0 Å². The van der Waals surface area contributed by atoms with Gasteiger partial charge in [0.15, 0.2) is 0 Å². The van der Waals surface area contributed by atoms with Crippen molar-refractivity contribution in [2.45, 2.75) is 25.3 Å². The van der Waals surface area contributed by atoms with E-state index in [-0.39, 0.29) is 0 Å². The molecule has 2 aromatic heterocycles. The van der Waals surface area contributed by atoms with Crippen molar-refractivity contribution in [3.05, 3.63) is 28.7 Å². The van der Waals surface area contributed by atoms with Gasteiger partial charge in [0, 0.05) is 17.5 Å². The van der Waals surface area contributed by atoms with Gasteiger partial charge < -0.3 is 0 Å². The maximum Gasteiger partial charge on any atom is 0.137 e. The van der Waals surface area contributed by atoms with Crippen molar-refractivity contribution in [2.24, 2.45) is 0 Å². The van der Waals surface area contributed by atoms with Crippen molar-refractivity contribution in [2.75, 3.05) is 13.1 Å². The number of thiazole rings is 1. The van der Waals surface area contributed by atoms with Crippen LogP contribution in [-0.4, -0.2) is 38.2 Å². The maximum atomic E-state index is 4.33. The minimum atomic E-state index is 0.546. The molecule has 0 unspecified atom stereocenters. The minimum absolute atomic E-state index is 0.546. The molecule has 3 heterocycles. The summed E-state index contributed by atoms with van der Waals surface area (Å²) in [5.74, 6) is 1.59. The lowest BCUT2D eigenvalue weighted by Gasteiger charge is -2.30. The molecule has 0 radical (unpaired) electrons. The highest BCUT2D eigenvalue weighted by Crippen LogP contribution is 2.25.